The normalized spacial score (nSPS) is 12.3. The van der Waals surface area contributed by atoms with E-state index in [1.165, 1.54) is 0 Å². The molecule has 0 saturated carbocycles. The molecule has 0 fully saturated rings. The van der Waals surface area contributed by atoms with Crippen molar-refractivity contribution in [2.45, 2.75) is 19.3 Å². The van der Waals surface area contributed by atoms with Gasteiger partial charge in [-0.05, 0) is 42.6 Å². The monoisotopic (exact) mass is 326 g/mol. The Morgan fingerprint density at radius 1 is 1.56 bits per heavy atom. The van der Waals surface area contributed by atoms with Gasteiger partial charge < -0.3 is 5.11 Å². The summed E-state index contributed by atoms with van der Waals surface area (Å²) in [6.45, 7) is 1.76. The van der Waals surface area contributed by atoms with Gasteiger partial charge >= 0.3 is 5.97 Å². The number of hydrogen-bond acceptors (Lipinski definition) is 4. The first kappa shape index (κ1) is 13.2. The minimum absolute atomic E-state index is 0.420. The molecular formula is C12H11BrN2O2S. The maximum Gasteiger partial charge on any atom is 0.313 e. The third-order valence-corrected chi connectivity index (χ3v) is 3.88. The van der Waals surface area contributed by atoms with E-state index in [1.807, 2.05) is 24.3 Å². The molecule has 0 amide bonds. The molecule has 1 aromatic carbocycles. The zero-order valence-corrected chi connectivity index (χ0v) is 12.0. The van der Waals surface area contributed by atoms with Crippen molar-refractivity contribution in [1.82, 2.24) is 9.36 Å². The van der Waals surface area contributed by atoms with Crippen LogP contribution in [0.4, 0.5) is 0 Å². The molecule has 0 spiro atoms. The SMILES string of the molecule is Cc1nsc(C(Cc2cccc(Br)c2)C(=O)O)n1. The topological polar surface area (TPSA) is 63.1 Å². The van der Waals surface area contributed by atoms with Crippen molar-refractivity contribution >= 4 is 33.4 Å². The van der Waals surface area contributed by atoms with Gasteiger partial charge in [0.2, 0.25) is 0 Å². The van der Waals surface area contributed by atoms with Gasteiger partial charge in [0, 0.05) is 4.47 Å². The van der Waals surface area contributed by atoms with Crippen LogP contribution in [0, 0.1) is 6.92 Å². The van der Waals surface area contributed by atoms with Crippen LogP contribution in [-0.4, -0.2) is 20.4 Å². The Kier molecular flexibility index (Phi) is 4.08. The molecule has 0 bridgehead atoms. The van der Waals surface area contributed by atoms with Gasteiger partial charge in [0.1, 0.15) is 16.7 Å². The molecule has 2 rings (SSSR count). The van der Waals surface area contributed by atoms with Crippen LogP contribution in [0.3, 0.4) is 0 Å². The van der Waals surface area contributed by atoms with Crippen LogP contribution < -0.4 is 0 Å². The highest BCUT2D eigenvalue weighted by molar-refractivity contribution is 9.10. The Morgan fingerprint density at radius 3 is 2.89 bits per heavy atom. The quantitative estimate of drug-likeness (QED) is 0.938. The molecular weight excluding hydrogens is 316 g/mol. The summed E-state index contributed by atoms with van der Waals surface area (Å²) in [5.41, 5.74) is 0.963. The third kappa shape index (κ3) is 3.14. The molecule has 1 atom stereocenters. The van der Waals surface area contributed by atoms with Crippen LogP contribution in [0.5, 0.6) is 0 Å². The molecule has 1 N–H and O–H groups in total. The highest BCUT2D eigenvalue weighted by Crippen LogP contribution is 2.24. The standard InChI is InChI=1S/C12H11BrN2O2S/c1-7-14-11(18-15-7)10(12(16)17)6-8-3-2-4-9(13)5-8/h2-5,10H,6H2,1H3,(H,16,17). The fourth-order valence-corrected chi connectivity index (χ4v) is 2.83. The molecule has 18 heavy (non-hydrogen) atoms. The van der Waals surface area contributed by atoms with Crippen LogP contribution in [0.1, 0.15) is 22.3 Å². The molecule has 94 valence electrons. The summed E-state index contributed by atoms with van der Waals surface area (Å²) in [6, 6.07) is 7.64. The number of benzene rings is 1. The van der Waals surface area contributed by atoms with Crippen LogP contribution >= 0.6 is 27.5 Å². The molecule has 0 radical (unpaired) electrons. The van der Waals surface area contributed by atoms with Crippen LogP contribution in [-0.2, 0) is 11.2 Å². The summed E-state index contributed by atoms with van der Waals surface area (Å²) in [5, 5.41) is 9.85. The lowest BCUT2D eigenvalue weighted by molar-refractivity contribution is -0.138. The van der Waals surface area contributed by atoms with E-state index in [2.05, 4.69) is 25.3 Å². The number of carboxylic acids is 1. The summed E-state index contributed by atoms with van der Waals surface area (Å²) in [4.78, 5) is 15.5. The van der Waals surface area contributed by atoms with Gasteiger partial charge in [-0.25, -0.2) is 4.98 Å². The van der Waals surface area contributed by atoms with Crippen LogP contribution in [0.15, 0.2) is 28.7 Å². The second-order valence-electron chi connectivity index (χ2n) is 3.90. The number of aliphatic carboxylic acids is 1. The van der Waals surface area contributed by atoms with E-state index in [1.54, 1.807) is 6.92 Å². The average Bonchev–Trinajstić information content (AvgIpc) is 2.72. The number of rotatable bonds is 4. The van der Waals surface area contributed by atoms with E-state index < -0.39 is 11.9 Å². The molecule has 6 heteroatoms. The lowest BCUT2D eigenvalue weighted by Gasteiger charge is -2.09. The maximum atomic E-state index is 11.3. The summed E-state index contributed by atoms with van der Waals surface area (Å²) in [7, 11) is 0. The fourth-order valence-electron chi connectivity index (χ4n) is 1.63. The lowest BCUT2D eigenvalue weighted by atomic mass is 10.0. The minimum Gasteiger partial charge on any atom is -0.481 e. The Balaban J connectivity index is 2.24. The molecule has 1 heterocycles. The summed E-state index contributed by atoms with van der Waals surface area (Å²) >= 11 is 4.53. The predicted octanol–water partition coefficient (Wildman–Crippen LogP) is 3.02. The van der Waals surface area contributed by atoms with E-state index in [-0.39, 0.29) is 0 Å². The van der Waals surface area contributed by atoms with Crippen molar-refractivity contribution < 1.29 is 9.90 Å². The number of nitrogens with zero attached hydrogens (tertiary/aromatic N) is 2. The van der Waals surface area contributed by atoms with Crippen molar-refractivity contribution in [2.75, 3.05) is 0 Å². The van der Waals surface area contributed by atoms with E-state index in [0.29, 0.717) is 17.3 Å². The van der Waals surface area contributed by atoms with E-state index in [9.17, 15) is 9.90 Å². The van der Waals surface area contributed by atoms with E-state index >= 15 is 0 Å². The lowest BCUT2D eigenvalue weighted by Crippen LogP contribution is -2.14. The molecule has 0 aliphatic heterocycles. The summed E-state index contributed by atoms with van der Waals surface area (Å²) < 4.78 is 4.98. The molecule has 0 aliphatic carbocycles. The van der Waals surface area contributed by atoms with Crippen molar-refractivity contribution in [2.24, 2.45) is 0 Å². The number of carboxylic acid groups (broad SMARTS) is 1. The Labute approximate surface area is 117 Å². The Morgan fingerprint density at radius 2 is 2.33 bits per heavy atom. The van der Waals surface area contributed by atoms with Gasteiger partial charge in [0.25, 0.3) is 0 Å². The first-order chi connectivity index (χ1) is 8.56. The highest BCUT2D eigenvalue weighted by atomic mass is 79.9. The van der Waals surface area contributed by atoms with E-state index in [4.69, 9.17) is 0 Å². The summed E-state index contributed by atoms with van der Waals surface area (Å²) in [6.07, 6.45) is 0.420. The van der Waals surface area contributed by atoms with Crippen molar-refractivity contribution in [3.63, 3.8) is 0 Å². The smallest absolute Gasteiger partial charge is 0.313 e. The van der Waals surface area contributed by atoms with Gasteiger partial charge in [-0.15, -0.1) is 0 Å². The van der Waals surface area contributed by atoms with Crippen molar-refractivity contribution in [1.29, 1.82) is 0 Å². The molecule has 1 aromatic heterocycles. The van der Waals surface area contributed by atoms with Gasteiger partial charge in [-0.2, -0.15) is 4.37 Å². The Hall–Kier alpha value is -1.27. The fraction of sp³-hybridized carbons (Fsp3) is 0.250. The van der Waals surface area contributed by atoms with Crippen molar-refractivity contribution in [3.05, 3.63) is 45.1 Å². The van der Waals surface area contributed by atoms with Gasteiger partial charge in [0.15, 0.2) is 0 Å². The number of hydrogen-bond donors (Lipinski definition) is 1. The average molecular weight is 327 g/mol. The van der Waals surface area contributed by atoms with Crippen molar-refractivity contribution in [3.8, 4) is 0 Å². The second kappa shape index (κ2) is 5.58. The largest absolute Gasteiger partial charge is 0.481 e. The zero-order chi connectivity index (χ0) is 13.1. The number of carbonyl (C=O) groups is 1. The molecule has 4 nitrogen and oxygen atoms in total. The first-order valence-corrected chi connectivity index (χ1v) is 6.90. The second-order valence-corrected chi connectivity index (χ2v) is 5.60. The summed E-state index contributed by atoms with van der Waals surface area (Å²) in [5.74, 6) is -0.882. The van der Waals surface area contributed by atoms with Gasteiger partial charge in [0.05, 0.1) is 0 Å². The number of aromatic nitrogens is 2. The van der Waals surface area contributed by atoms with E-state index in [0.717, 1.165) is 21.6 Å². The van der Waals surface area contributed by atoms with Gasteiger partial charge in [-0.1, -0.05) is 28.1 Å². The predicted molar refractivity (Wildman–Crippen MR) is 72.9 cm³/mol. The molecule has 0 aliphatic rings. The third-order valence-electron chi connectivity index (χ3n) is 2.47. The maximum absolute atomic E-state index is 11.3. The Bertz CT molecular complexity index is 571. The first-order valence-electron chi connectivity index (χ1n) is 5.33. The minimum atomic E-state index is -0.869. The number of aryl methyl sites for hydroxylation is 1. The van der Waals surface area contributed by atoms with Gasteiger partial charge in [-0.3, -0.25) is 4.79 Å². The van der Waals surface area contributed by atoms with Crippen LogP contribution in [0.25, 0.3) is 0 Å². The number of halogens is 1. The molecule has 1 unspecified atom stereocenters. The molecule has 2 aromatic rings. The highest BCUT2D eigenvalue weighted by Gasteiger charge is 2.24. The van der Waals surface area contributed by atoms with Crippen LogP contribution in [0.2, 0.25) is 0 Å². The zero-order valence-electron chi connectivity index (χ0n) is 9.63. The molecule has 0 saturated heterocycles.